The number of benzene rings is 1. The second-order valence-corrected chi connectivity index (χ2v) is 5.17. The summed E-state index contributed by atoms with van der Waals surface area (Å²) in [7, 11) is 3.24. The number of ether oxygens (including phenoxy) is 2. The first-order valence-electron chi connectivity index (χ1n) is 7.25. The molecule has 1 aliphatic rings. The predicted molar refractivity (Wildman–Crippen MR) is 96.1 cm³/mol. The molecule has 1 aliphatic carbocycles. The van der Waals surface area contributed by atoms with Gasteiger partial charge < -0.3 is 20.1 Å². The van der Waals surface area contributed by atoms with Crippen molar-refractivity contribution >= 4 is 29.9 Å². The van der Waals surface area contributed by atoms with E-state index in [9.17, 15) is 13.2 Å². The molecular formula is C15H21F3IN3O2. The number of alkyl halides is 3. The van der Waals surface area contributed by atoms with Crippen molar-refractivity contribution in [2.24, 2.45) is 4.99 Å². The zero-order valence-corrected chi connectivity index (χ0v) is 15.7. The molecule has 2 rings (SSSR count). The molecule has 2 N–H and O–H groups in total. The maximum Gasteiger partial charge on any atom is 0.573 e. The minimum atomic E-state index is -4.69. The zero-order valence-electron chi connectivity index (χ0n) is 13.4. The van der Waals surface area contributed by atoms with Gasteiger partial charge in [0.05, 0.1) is 6.61 Å². The Balaban J connectivity index is 0.00000288. The Hall–Kier alpha value is -1.23. The SMILES string of the molecule is CN=C(NCCOC)NC1CC1c1ccccc1OC(F)(F)F.I. The second kappa shape index (κ2) is 9.30. The van der Waals surface area contributed by atoms with Gasteiger partial charge in [0, 0.05) is 32.7 Å². The Kier molecular flexibility index (Phi) is 8.07. The molecule has 5 nitrogen and oxygen atoms in total. The van der Waals surface area contributed by atoms with E-state index in [0.29, 0.717) is 24.7 Å². The van der Waals surface area contributed by atoms with E-state index in [1.54, 1.807) is 26.3 Å². The Morgan fingerprint density at radius 3 is 2.67 bits per heavy atom. The smallest absolute Gasteiger partial charge is 0.405 e. The van der Waals surface area contributed by atoms with Gasteiger partial charge in [0.1, 0.15) is 5.75 Å². The lowest BCUT2D eigenvalue weighted by molar-refractivity contribution is -0.274. The predicted octanol–water partition coefficient (Wildman–Crippen LogP) is 2.87. The van der Waals surface area contributed by atoms with Crippen molar-refractivity contribution < 1.29 is 22.6 Å². The molecule has 136 valence electrons. The number of aliphatic imine (C=N–C) groups is 1. The maximum absolute atomic E-state index is 12.5. The van der Waals surface area contributed by atoms with Crippen LogP contribution in [0.4, 0.5) is 13.2 Å². The van der Waals surface area contributed by atoms with Crippen molar-refractivity contribution in [3.05, 3.63) is 29.8 Å². The van der Waals surface area contributed by atoms with Crippen molar-refractivity contribution in [3.63, 3.8) is 0 Å². The number of nitrogens with one attached hydrogen (secondary N) is 2. The molecule has 0 aromatic heterocycles. The molecule has 0 spiro atoms. The molecule has 0 radical (unpaired) electrons. The standard InChI is InChI=1S/C15H20F3N3O2.HI/c1-19-14(20-7-8-22-2)21-12-9-11(12)10-5-3-4-6-13(10)23-15(16,17)18;/h3-6,11-12H,7-9H2,1-2H3,(H2,19,20,21);1H. The van der Waals surface area contributed by atoms with Crippen LogP contribution in [-0.2, 0) is 4.74 Å². The highest BCUT2D eigenvalue weighted by molar-refractivity contribution is 14.0. The van der Waals surface area contributed by atoms with Crippen LogP contribution in [0, 0.1) is 0 Å². The summed E-state index contributed by atoms with van der Waals surface area (Å²) in [4.78, 5) is 4.08. The molecule has 2 atom stereocenters. The number of hydrogen-bond donors (Lipinski definition) is 2. The Labute approximate surface area is 156 Å². The Morgan fingerprint density at radius 1 is 1.33 bits per heavy atom. The summed E-state index contributed by atoms with van der Waals surface area (Å²) >= 11 is 0. The van der Waals surface area contributed by atoms with Crippen molar-refractivity contribution in [3.8, 4) is 5.75 Å². The first kappa shape index (κ1) is 20.8. The van der Waals surface area contributed by atoms with Crippen molar-refractivity contribution in [2.45, 2.75) is 24.7 Å². The van der Waals surface area contributed by atoms with Gasteiger partial charge >= 0.3 is 6.36 Å². The van der Waals surface area contributed by atoms with Gasteiger partial charge in [-0.05, 0) is 18.1 Å². The summed E-state index contributed by atoms with van der Waals surface area (Å²) in [6, 6.07) is 6.26. The van der Waals surface area contributed by atoms with Crippen LogP contribution in [0.25, 0.3) is 0 Å². The largest absolute Gasteiger partial charge is 0.573 e. The lowest BCUT2D eigenvalue weighted by Gasteiger charge is -2.14. The first-order chi connectivity index (χ1) is 10.9. The second-order valence-electron chi connectivity index (χ2n) is 5.17. The fraction of sp³-hybridized carbons (Fsp3) is 0.533. The summed E-state index contributed by atoms with van der Waals surface area (Å²) in [5.74, 6) is 0.426. The highest BCUT2D eigenvalue weighted by Gasteiger charge is 2.42. The van der Waals surface area contributed by atoms with E-state index >= 15 is 0 Å². The minimum Gasteiger partial charge on any atom is -0.405 e. The van der Waals surface area contributed by atoms with Gasteiger partial charge in [-0.3, -0.25) is 4.99 Å². The van der Waals surface area contributed by atoms with Crippen LogP contribution in [-0.4, -0.2) is 45.7 Å². The number of halogens is 4. The molecule has 0 saturated heterocycles. The monoisotopic (exact) mass is 459 g/mol. The van der Waals surface area contributed by atoms with E-state index in [4.69, 9.17) is 4.74 Å². The van der Waals surface area contributed by atoms with Crippen LogP contribution in [0.15, 0.2) is 29.3 Å². The summed E-state index contributed by atoms with van der Waals surface area (Å²) in [5.41, 5.74) is 0.551. The molecular weight excluding hydrogens is 438 g/mol. The average Bonchev–Trinajstić information content (AvgIpc) is 3.24. The highest BCUT2D eigenvalue weighted by atomic mass is 127. The Bertz CT molecular complexity index is 555. The van der Waals surface area contributed by atoms with Crippen molar-refractivity contribution in [1.82, 2.24) is 10.6 Å². The van der Waals surface area contributed by atoms with Gasteiger partial charge in [0.2, 0.25) is 0 Å². The number of para-hydroxylation sites is 1. The van der Waals surface area contributed by atoms with E-state index in [1.807, 2.05) is 0 Å². The van der Waals surface area contributed by atoms with E-state index < -0.39 is 6.36 Å². The molecule has 2 unspecified atom stereocenters. The van der Waals surface area contributed by atoms with Gasteiger partial charge in [0.15, 0.2) is 5.96 Å². The average molecular weight is 459 g/mol. The number of methoxy groups -OCH3 is 1. The molecule has 0 amide bonds. The summed E-state index contributed by atoms with van der Waals surface area (Å²) < 4.78 is 46.4. The first-order valence-corrected chi connectivity index (χ1v) is 7.25. The maximum atomic E-state index is 12.5. The van der Waals surface area contributed by atoms with Crippen LogP contribution in [0.3, 0.4) is 0 Å². The third kappa shape index (κ3) is 6.34. The van der Waals surface area contributed by atoms with Gasteiger partial charge in [-0.15, -0.1) is 37.1 Å². The van der Waals surface area contributed by atoms with E-state index in [-0.39, 0.29) is 41.7 Å². The third-order valence-electron chi connectivity index (χ3n) is 3.48. The topological polar surface area (TPSA) is 54.9 Å². The molecule has 24 heavy (non-hydrogen) atoms. The van der Waals surface area contributed by atoms with Gasteiger partial charge in [-0.1, -0.05) is 18.2 Å². The minimum absolute atomic E-state index is 0. The number of rotatable bonds is 6. The van der Waals surface area contributed by atoms with Crippen LogP contribution in [0.5, 0.6) is 5.75 Å². The van der Waals surface area contributed by atoms with E-state index in [2.05, 4.69) is 20.4 Å². The number of hydrogen-bond acceptors (Lipinski definition) is 3. The third-order valence-corrected chi connectivity index (χ3v) is 3.48. The fourth-order valence-electron chi connectivity index (χ4n) is 2.34. The van der Waals surface area contributed by atoms with Gasteiger partial charge in [-0.2, -0.15) is 0 Å². The Morgan fingerprint density at radius 2 is 2.04 bits per heavy atom. The van der Waals surface area contributed by atoms with Crippen molar-refractivity contribution in [1.29, 1.82) is 0 Å². The summed E-state index contributed by atoms with van der Waals surface area (Å²) in [5, 5.41) is 6.25. The molecule has 0 heterocycles. The van der Waals surface area contributed by atoms with Crippen LogP contribution < -0.4 is 15.4 Å². The molecule has 0 aliphatic heterocycles. The van der Waals surface area contributed by atoms with Crippen molar-refractivity contribution in [2.75, 3.05) is 27.3 Å². The lowest BCUT2D eigenvalue weighted by atomic mass is 10.1. The zero-order chi connectivity index (χ0) is 16.9. The van der Waals surface area contributed by atoms with E-state index in [1.165, 1.54) is 12.1 Å². The number of nitrogens with zero attached hydrogens (tertiary/aromatic N) is 1. The quantitative estimate of drug-likeness (QED) is 0.298. The molecule has 1 aromatic rings. The molecule has 1 aromatic carbocycles. The van der Waals surface area contributed by atoms with Crippen LogP contribution in [0.1, 0.15) is 17.9 Å². The van der Waals surface area contributed by atoms with Gasteiger partial charge in [0.25, 0.3) is 0 Å². The van der Waals surface area contributed by atoms with Crippen LogP contribution >= 0.6 is 24.0 Å². The molecule has 9 heteroatoms. The summed E-state index contributed by atoms with van der Waals surface area (Å²) in [6.07, 6.45) is -3.96. The number of guanidine groups is 1. The fourth-order valence-corrected chi connectivity index (χ4v) is 2.34. The normalized spacial score (nSPS) is 20.1. The molecule has 0 bridgehead atoms. The van der Waals surface area contributed by atoms with Crippen LogP contribution in [0.2, 0.25) is 0 Å². The summed E-state index contributed by atoms with van der Waals surface area (Å²) in [6.45, 7) is 1.14. The van der Waals surface area contributed by atoms with Gasteiger partial charge in [-0.25, -0.2) is 0 Å². The lowest BCUT2D eigenvalue weighted by Crippen LogP contribution is -2.40. The van der Waals surface area contributed by atoms with E-state index in [0.717, 1.165) is 6.42 Å². The molecule has 1 saturated carbocycles. The molecule has 1 fully saturated rings. The highest BCUT2D eigenvalue weighted by Crippen LogP contribution is 2.45.